The number of ether oxygens (including phenoxy) is 1. The average molecular weight is 427 g/mol. The second-order valence-electron chi connectivity index (χ2n) is 6.49. The minimum absolute atomic E-state index is 0.152. The lowest BCUT2D eigenvalue weighted by Gasteiger charge is -2.11. The Kier molecular flexibility index (Phi) is 5.24. The van der Waals surface area contributed by atoms with Crippen LogP contribution in [0.1, 0.15) is 15.9 Å². The van der Waals surface area contributed by atoms with Crippen LogP contribution < -0.4 is 10.1 Å². The van der Waals surface area contributed by atoms with Crippen molar-refractivity contribution >= 4 is 22.6 Å². The Bertz CT molecular complexity index is 1280. The maximum atomic E-state index is 14.2. The molecule has 0 radical (unpaired) electrons. The summed E-state index contributed by atoms with van der Waals surface area (Å²) in [6.45, 7) is 0. The average Bonchev–Trinajstić information content (AvgIpc) is 2.75. The van der Waals surface area contributed by atoms with Gasteiger partial charge in [0.15, 0.2) is 11.6 Å². The van der Waals surface area contributed by atoms with Gasteiger partial charge in [0.25, 0.3) is 5.91 Å². The number of aromatic nitrogens is 2. The topological polar surface area (TPSA) is 64.1 Å². The third-order valence-corrected chi connectivity index (χ3v) is 4.31. The molecule has 4 aromatic rings. The van der Waals surface area contributed by atoms with Crippen LogP contribution in [0.15, 0.2) is 73.1 Å². The fourth-order valence-corrected chi connectivity index (χ4v) is 2.83. The number of rotatable bonds is 4. The Labute approximate surface area is 173 Å². The zero-order chi connectivity index (χ0) is 22.0. The van der Waals surface area contributed by atoms with Crippen molar-refractivity contribution in [3.63, 3.8) is 0 Å². The molecule has 0 fully saturated rings. The van der Waals surface area contributed by atoms with Gasteiger partial charge in [-0.2, -0.15) is 13.2 Å². The minimum atomic E-state index is -4.57. The molecular weight excluding hydrogens is 414 g/mol. The number of nitrogens with one attached hydrogen (secondary N) is 1. The molecule has 1 aromatic heterocycles. The number of hydrogen-bond donors (Lipinski definition) is 1. The number of benzene rings is 3. The zero-order valence-corrected chi connectivity index (χ0v) is 15.7. The quantitative estimate of drug-likeness (QED) is 0.416. The van der Waals surface area contributed by atoms with E-state index in [0.717, 1.165) is 24.3 Å². The van der Waals surface area contributed by atoms with Crippen LogP contribution in [0.25, 0.3) is 11.0 Å². The minimum Gasteiger partial charge on any atom is -0.454 e. The van der Waals surface area contributed by atoms with Crippen LogP contribution in [-0.2, 0) is 6.18 Å². The van der Waals surface area contributed by atoms with E-state index in [1.54, 1.807) is 24.4 Å². The van der Waals surface area contributed by atoms with Crippen LogP contribution in [0.3, 0.4) is 0 Å². The maximum absolute atomic E-state index is 14.2. The van der Waals surface area contributed by atoms with Gasteiger partial charge in [-0.05, 0) is 42.5 Å². The van der Waals surface area contributed by atoms with Crippen LogP contribution in [0.5, 0.6) is 11.5 Å². The highest BCUT2D eigenvalue weighted by Crippen LogP contribution is 2.31. The molecule has 1 amide bonds. The molecule has 0 saturated carbocycles. The third kappa shape index (κ3) is 4.61. The van der Waals surface area contributed by atoms with Crippen molar-refractivity contribution in [2.75, 3.05) is 5.32 Å². The molecule has 0 aliphatic rings. The van der Waals surface area contributed by atoms with Crippen LogP contribution in [0, 0.1) is 5.82 Å². The van der Waals surface area contributed by atoms with Gasteiger partial charge in [0.2, 0.25) is 0 Å². The van der Waals surface area contributed by atoms with Gasteiger partial charge in [-0.25, -0.2) is 4.39 Å². The Morgan fingerprint density at radius 3 is 2.45 bits per heavy atom. The zero-order valence-electron chi connectivity index (χ0n) is 15.7. The Morgan fingerprint density at radius 1 is 0.903 bits per heavy atom. The number of fused-ring (bicyclic) bond motifs is 1. The molecule has 0 saturated heterocycles. The molecule has 3 aromatic carbocycles. The normalized spacial score (nSPS) is 11.4. The molecule has 0 spiro atoms. The van der Waals surface area contributed by atoms with Gasteiger partial charge in [0.1, 0.15) is 5.75 Å². The van der Waals surface area contributed by atoms with E-state index in [9.17, 15) is 22.4 Å². The Morgan fingerprint density at radius 2 is 1.68 bits per heavy atom. The van der Waals surface area contributed by atoms with Crippen LogP contribution in [-0.4, -0.2) is 15.9 Å². The molecule has 0 unspecified atom stereocenters. The van der Waals surface area contributed by atoms with Crippen molar-refractivity contribution in [2.24, 2.45) is 0 Å². The molecule has 31 heavy (non-hydrogen) atoms. The van der Waals surface area contributed by atoms with E-state index in [4.69, 9.17) is 4.74 Å². The Hall–Kier alpha value is -4.01. The summed E-state index contributed by atoms with van der Waals surface area (Å²) in [5, 5.41) is 2.44. The van der Waals surface area contributed by atoms with E-state index in [1.165, 1.54) is 24.4 Å². The predicted octanol–water partition coefficient (Wildman–Crippen LogP) is 5.83. The van der Waals surface area contributed by atoms with Crippen LogP contribution in [0.2, 0.25) is 0 Å². The fraction of sp³-hybridized carbons (Fsp3) is 0.0455. The third-order valence-electron chi connectivity index (χ3n) is 4.31. The molecule has 9 heteroatoms. The van der Waals surface area contributed by atoms with Gasteiger partial charge in [0, 0.05) is 35.8 Å². The van der Waals surface area contributed by atoms with E-state index < -0.39 is 23.5 Å². The van der Waals surface area contributed by atoms with E-state index in [1.807, 2.05) is 0 Å². The number of amides is 1. The van der Waals surface area contributed by atoms with Gasteiger partial charge in [0.05, 0.1) is 16.6 Å². The number of nitrogens with zero attached hydrogens (tertiary/aromatic N) is 2. The van der Waals surface area contributed by atoms with Crippen LogP contribution >= 0.6 is 0 Å². The largest absolute Gasteiger partial charge is 0.454 e. The van der Waals surface area contributed by atoms with Crippen molar-refractivity contribution in [2.45, 2.75) is 6.18 Å². The second kappa shape index (κ2) is 8.02. The lowest BCUT2D eigenvalue weighted by molar-refractivity contribution is -0.137. The first kappa shape index (κ1) is 20.3. The molecule has 5 nitrogen and oxygen atoms in total. The van der Waals surface area contributed by atoms with Gasteiger partial charge in [-0.3, -0.25) is 14.8 Å². The van der Waals surface area contributed by atoms with E-state index >= 15 is 0 Å². The molecule has 156 valence electrons. The number of alkyl halides is 3. The van der Waals surface area contributed by atoms with Crippen molar-refractivity contribution in [3.05, 3.63) is 90.0 Å². The standard InChI is InChI=1S/C22H13F4N3O2/c23-17-6-4-15(29-21(30)13-2-1-3-14(10-13)22(24,25)26)11-20(17)31-16-5-7-18-19(12-16)28-9-8-27-18/h1-12H,(H,29,30). The number of anilines is 1. The molecule has 1 heterocycles. The summed E-state index contributed by atoms with van der Waals surface area (Å²) < 4.78 is 58.4. The molecule has 0 aliphatic carbocycles. The fourth-order valence-electron chi connectivity index (χ4n) is 2.83. The summed E-state index contributed by atoms with van der Waals surface area (Å²) in [6.07, 6.45) is -1.52. The molecule has 0 bridgehead atoms. The number of hydrogen-bond acceptors (Lipinski definition) is 4. The first-order valence-electron chi connectivity index (χ1n) is 8.96. The maximum Gasteiger partial charge on any atom is 0.416 e. The highest BCUT2D eigenvalue weighted by molar-refractivity contribution is 6.04. The summed E-state index contributed by atoms with van der Waals surface area (Å²) in [5.74, 6) is -1.33. The Balaban J connectivity index is 1.55. The molecule has 1 N–H and O–H groups in total. The monoisotopic (exact) mass is 427 g/mol. The molecule has 0 aliphatic heterocycles. The van der Waals surface area contributed by atoms with Crippen LogP contribution in [0.4, 0.5) is 23.2 Å². The summed E-state index contributed by atoms with van der Waals surface area (Å²) in [4.78, 5) is 20.6. The highest BCUT2D eigenvalue weighted by atomic mass is 19.4. The van der Waals surface area contributed by atoms with Crippen molar-refractivity contribution in [1.29, 1.82) is 0 Å². The van der Waals surface area contributed by atoms with Gasteiger partial charge in [-0.1, -0.05) is 6.07 Å². The molecule has 4 rings (SSSR count). The van der Waals surface area contributed by atoms with Crippen molar-refractivity contribution in [3.8, 4) is 11.5 Å². The second-order valence-corrected chi connectivity index (χ2v) is 6.49. The lowest BCUT2D eigenvalue weighted by Crippen LogP contribution is -2.14. The summed E-state index contributed by atoms with van der Waals surface area (Å²) in [7, 11) is 0. The van der Waals surface area contributed by atoms with Gasteiger partial charge in [-0.15, -0.1) is 0 Å². The summed E-state index contributed by atoms with van der Waals surface area (Å²) >= 11 is 0. The lowest BCUT2D eigenvalue weighted by atomic mass is 10.1. The van der Waals surface area contributed by atoms with Crippen molar-refractivity contribution < 1.29 is 27.1 Å². The highest BCUT2D eigenvalue weighted by Gasteiger charge is 2.30. The number of carbonyl (C=O) groups is 1. The van der Waals surface area contributed by atoms with E-state index in [0.29, 0.717) is 16.8 Å². The SMILES string of the molecule is O=C(Nc1ccc(F)c(Oc2ccc3nccnc3c2)c1)c1cccc(C(F)(F)F)c1. The molecule has 0 atom stereocenters. The van der Waals surface area contributed by atoms with Crippen molar-refractivity contribution in [1.82, 2.24) is 9.97 Å². The van der Waals surface area contributed by atoms with E-state index in [-0.39, 0.29) is 17.0 Å². The predicted molar refractivity (Wildman–Crippen MR) is 105 cm³/mol. The number of halogens is 4. The number of carbonyl (C=O) groups excluding carboxylic acids is 1. The smallest absolute Gasteiger partial charge is 0.416 e. The summed E-state index contributed by atoms with van der Waals surface area (Å²) in [5.41, 5.74) is 0.212. The summed E-state index contributed by atoms with van der Waals surface area (Å²) in [6, 6.07) is 12.4. The first-order chi connectivity index (χ1) is 14.8. The van der Waals surface area contributed by atoms with E-state index in [2.05, 4.69) is 15.3 Å². The van der Waals surface area contributed by atoms with Gasteiger partial charge < -0.3 is 10.1 Å². The first-order valence-corrected chi connectivity index (χ1v) is 8.96. The van der Waals surface area contributed by atoms with Gasteiger partial charge >= 0.3 is 6.18 Å². The molecular formula is C22H13F4N3O2.